The maximum Gasteiger partial charge on any atom is 0.256 e. The van der Waals surface area contributed by atoms with E-state index in [0.717, 1.165) is 40.0 Å². The number of ketones is 1. The second-order valence-corrected chi connectivity index (χ2v) is 9.35. The van der Waals surface area contributed by atoms with Crippen LogP contribution < -0.4 is 20.1 Å². The molecule has 166 valence electrons. The molecular formula is C25H21N3O4S. The van der Waals surface area contributed by atoms with Crippen molar-refractivity contribution >= 4 is 38.4 Å². The van der Waals surface area contributed by atoms with E-state index >= 15 is 0 Å². The van der Waals surface area contributed by atoms with Gasteiger partial charge in [-0.15, -0.1) is 0 Å². The first-order valence-electron chi connectivity index (χ1n) is 10.9. The molecule has 0 fully saturated rings. The van der Waals surface area contributed by atoms with Gasteiger partial charge in [-0.3, -0.25) is 14.9 Å². The fourth-order valence-corrected chi connectivity index (χ4v) is 5.66. The molecule has 2 aliphatic heterocycles. The van der Waals surface area contributed by atoms with Gasteiger partial charge in [-0.25, -0.2) is 4.98 Å². The first kappa shape index (κ1) is 20.0. The highest BCUT2D eigenvalue weighted by Gasteiger charge is 2.39. The number of carbonyl (C=O) groups is 2. The zero-order valence-electron chi connectivity index (χ0n) is 17.9. The fraction of sp³-hybridized carbons (Fsp3) is 0.240. The van der Waals surface area contributed by atoms with Gasteiger partial charge < -0.3 is 14.8 Å². The molecule has 1 aliphatic carbocycles. The van der Waals surface area contributed by atoms with E-state index in [0.29, 0.717) is 34.2 Å². The number of benzene rings is 2. The van der Waals surface area contributed by atoms with E-state index in [-0.39, 0.29) is 18.5 Å². The van der Waals surface area contributed by atoms with Gasteiger partial charge in [0.15, 0.2) is 22.4 Å². The molecule has 7 nitrogen and oxygen atoms in total. The van der Waals surface area contributed by atoms with Crippen LogP contribution in [0.5, 0.6) is 11.5 Å². The van der Waals surface area contributed by atoms with Crippen molar-refractivity contribution in [1.29, 1.82) is 0 Å². The van der Waals surface area contributed by atoms with Gasteiger partial charge in [0.2, 0.25) is 6.79 Å². The first-order chi connectivity index (χ1) is 16.1. The zero-order chi connectivity index (χ0) is 22.5. The summed E-state index contributed by atoms with van der Waals surface area (Å²) in [5.41, 5.74) is 4.50. The largest absolute Gasteiger partial charge is 0.454 e. The van der Waals surface area contributed by atoms with Crippen molar-refractivity contribution in [2.24, 2.45) is 0 Å². The Balaban J connectivity index is 1.42. The Morgan fingerprint density at radius 1 is 1.15 bits per heavy atom. The van der Waals surface area contributed by atoms with Crippen molar-refractivity contribution in [2.45, 2.75) is 32.1 Å². The molecule has 1 atom stereocenters. The van der Waals surface area contributed by atoms with Gasteiger partial charge in [-0.1, -0.05) is 29.5 Å². The molecule has 1 unspecified atom stereocenters. The lowest BCUT2D eigenvalue weighted by atomic mass is 9.75. The van der Waals surface area contributed by atoms with Gasteiger partial charge in [0, 0.05) is 34.9 Å². The lowest BCUT2D eigenvalue weighted by Gasteiger charge is -2.34. The predicted molar refractivity (Wildman–Crippen MR) is 125 cm³/mol. The number of nitrogens with one attached hydrogen (secondary N) is 2. The van der Waals surface area contributed by atoms with Gasteiger partial charge in [0.1, 0.15) is 0 Å². The summed E-state index contributed by atoms with van der Waals surface area (Å²) in [4.78, 5) is 31.2. The molecule has 1 aromatic heterocycles. The highest BCUT2D eigenvalue weighted by molar-refractivity contribution is 7.22. The van der Waals surface area contributed by atoms with Crippen LogP contribution in [0.15, 0.2) is 65.0 Å². The van der Waals surface area contributed by atoms with Crippen LogP contribution in [0.4, 0.5) is 5.13 Å². The summed E-state index contributed by atoms with van der Waals surface area (Å²) in [6.07, 6.45) is 2.07. The summed E-state index contributed by atoms with van der Waals surface area (Å²) in [6.45, 7) is 2.05. The molecule has 0 bridgehead atoms. The third-order valence-corrected chi connectivity index (χ3v) is 7.22. The van der Waals surface area contributed by atoms with E-state index in [4.69, 9.17) is 9.47 Å². The Morgan fingerprint density at radius 3 is 2.88 bits per heavy atom. The molecule has 3 aliphatic rings. The maximum absolute atomic E-state index is 13.6. The average molecular weight is 460 g/mol. The van der Waals surface area contributed by atoms with Crippen molar-refractivity contribution in [2.75, 3.05) is 12.1 Å². The van der Waals surface area contributed by atoms with Crippen molar-refractivity contribution in [3.63, 3.8) is 0 Å². The molecule has 1 amide bonds. The number of hydrogen-bond acceptors (Lipinski definition) is 7. The highest BCUT2D eigenvalue weighted by Crippen LogP contribution is 2.45. The minimum atomic E-state index is -0.488. The second-order valence-electron chi connectivity index (χ2n) is 8.32. The molecule has 0 radical (unpaired) electrons. The number of hydrogen-bond donors (Lipinski definition) is 2. The molecule has 2 N–H and O–H groups in total. The number of Topliss-reactive ketones (excluding diaryl/α,β-unsaturated/α-hetero) is 1. The zero-order valence-corrected chi connectivity index (χ0v) is 18.8. The number of nitrogens with zero attached hydrogens (tertiary/aromatic N) is 1. The lowest BCUT2D eigenvalue weighted by Crippen LogP contribution is -2.35. The van der Waals surface area contributed by atoms with Crippen LogP contribution in [0.2, 0.25) is 0 Å². The number of aromatic nitrogens is 1. The van der Waals surface area contributed by atoms with Gasteiger partial charge in [0.05, 0.1) is 10.2 Å². The molecule has 0 saturated heterocycles. The van der Waals surface area contributed by atoms with Crippen LogP contribution in [0.25, 0.3) is 10.2 Å². The Morgan fingerprint density at radius 2 is 2.00 bits per heavy atom. The van der Waals surface area contributed by atoms with Crippen molar-refractivity contribution in [3.8, 4) is 11.5 Å². The maximum atomic E-state index is 13.6. The fourth-order valence-electron chi connectivity index (χ4n) is 4.80. The van der Waals surface area contributed by atoms with E-state index < -0.39 is 5.92 Å². The van der Waals surface area contributed by atoms with E-state index in [9.17, 15) is 9.59 Å². The highest BCUT2D eigenvalue weighted by atomic mass is 32.1. The number of thiazole rings is 1. The van der Waals surface area contributed by atoms with E-state index in [2.05, 4.69) is 15.6 Å². The summed E-state index contributed by atoms with van der Waals surface area (Å²) >= 11 is 1.43. The third-order valence-electron chi connectivity index (χ3n) is 6.26. The van der Waals surface area contributed by atoms with Gasteiger partial charge in [-0.05, 0) is 49.6 Å². The number of ether oxygens (including phenoxy) is 2. The summed E-state index contributed by atoms with van der Waals surface area (Å²) in [6, 6.07) is 13.4. The topological polar surface area (TPSA) is 89.6 Å². The third kappa shape index (κ3) is 3.38. The summed E-state index contributed by atoms with van der Waals surface area (Å²) in [7, 11) is 0. The van der Waals surface area contributed by atoms with Crippen molar-refractivity contribution < 1.29 is 19.1 Å². The molecular weight excluding hydrogens is 438 g/mol. The van der Waals surface area contributed by atoms with Crippen LogP contribution in [0, 0.1) is 0 Å². The van der Waals surface area contributed by atoms with Crippen LogP contribution in [0.1, 0.15) is 37.7 Å². The Labute approximate surface area is 194 Å². The summed E-state index contributed by atoms with van der Waals surface area (Å²) < 4.78 is 12.0. The van der Waals surface area contributed by atoms with E-state index in [1.54, 1.807) is 0 Å². The number of anilines is 1. The first-order valence-corrected chi connectivity index (χ1v) is 11.7. The number of rotatable bonds is 3. The molecule has 3 aromatic rings. The van der Waals surface area contributed by atoms with E-state index in [1.165, 1.54) is 11.3 Å². The second kappa shape index (κ2) is 7.74. The monoisotopic (exact) mass is 459 g/mol. The van der Waals surface area contributed by atoms with Gasteiger partial charge >= 0.3 is 0 Å². The minimum absolute atomic E-state index is 0.0733. The predicted octanol–water partition coefficient (Wildman–Crippen LogP) is 4.63. The number of carbonyl (C=O) groups excluding carboxylic acids is 2. The Hall–Kier alpha value is -3.65. The van der Waals surface area contributed by atoms with Gasteiger partial charge in [-0.2, -0.15) is 0 Å². The number of allylic oxidation sites excluding steroid dienone is 3. The average Bonchev–Trinajstić information content (AvgIpc) is 3.43. The van der Waals surface area contributed by atoms with Crippen LogP contribution in [-0.2, 0) is 9.59 Å². The van der Waals surface area contributed by atoms with Crippen molar-refractivity contribution in [3.05, 3.63) is 70.6 Å². The smallest absolute Gasteiger partial charge is 0.256 e. The molecule has 33 heavy (non-hydrogen) atoms. The van der Waals surface area contributed by atoms with Gasteiger partial charge in [0.25, 0.3) is 5.91 Å². The number of amides is 1. The lowest BCUT2D eigenvalue weighted by molar-refractivity contribution is -0.116. The van der Waals surface area contributed by atoms with Crippen LogP contribution >= 0.6 is 11.3 Å². The summed E-state index contributed by atoms with van der Waals surface area (Å²) in [5.74, 6) is 0.604. The van der Waals surface area contributed by atoms with Crippen molar-refractivity contribution in [1.82, 2.24) is 10.3 Å². The normalized spacial score (nSPS) is 19.5. The molecule has 2 aromatic carbocycles. The standard InChI is InChI=1S/C25H21N3O4S/c1-13-21(24(30)28-25-27-15-5-2-3-8-20(15)33-25)22(23-16(26-13)6-4-7-17(23)29)14-9-10-18-19(11-14)32-12-31-18/h2-3,5,8-11,22,26H,4,6-7,12H2,1H3,(H,27,28,30). The Bertz CT molecular complexity index is 1350. The molecule has 0 saturated carbocycles. The SMILES string of the molecule is CC1=C(C(=O)Nc2nc3ccccc3s2)C(c2ccc3c(c2)OCO3)C2=C(CCCC2=O)N1. The molecule has 6 rings (SSSR count). The molecule has 8 heteroatoms. The molecule has 3 heterocycles. The number of fused-ring (bicyclic) bond motifs is 2. The van der Waals surface area contributed by atoms with Crippen LogP contribution in [0.3, 0.4) is 0 Å². The van der Waals surface area contributed by atoms with E-state index in [1.807, 2.05) is 49.4 Å². The Kier molecular flexibility index (Phi) is 4.69. The quantitative estimate of drug-likeness (QED) is 0.594. The summed E-state index contributed by atoms with van der Waals surface area (Å²) in [5, 5.41) is 6.85. The number of para-hydroxylation sites is 1. The van der Waals surface area contributed by atoms with Crippen LogP contribution in [-0.4, -0.2) is 23.5 Å². The number of dihydropyridines is 1. The minimum Gasteiger partial charge on any atom is -0.454 e. The molecule has 0 spiro atoms.